The number of hydrogen-bond acceptors (Lipinski definition) is 3. The number of amides is 1. The topological polar surface area (TPSA) is 64.9 Å². The molecule has 0 unspecified atom stereocenters. The van der Waals surface area contributed by atoms with Gasteiger partial charge < -0.3 is 10.6 Å². The first kappa shape index (κ1) is 11.6. The second-order valence-electron chi connectivity index (χ2n) is 4.14. The van der Waals surface area contributed by atoms with Crippen molar-refractivity contribution in [3.8, 4) is 6.07 Å². The highest BCUT2D eigenvalue weighted by Crippen LogP contribution is 2.33. The van der Waals surface area contributed by atoms with Crippen molar-refractivity contribution in [3.05, 3.63) is 52.5 Å². The number of benzene rings is 2. The van der Waals surface area contributed by atoms with Gasteiger partial charge >= 0.3 is 0 Å². The van der Waals surface area contributed by atoms with Crippen molar-refractivity contribution < 1.29 is 4.79 Å². The summed E-state index contributed by atoms with van der Waals surface area (Å²) >= 11 is 5.91. The van der Waals surface area contributed by atoms with Crippen LogP contribution in [0.2, 0.25) is 5.02 Å². The minimum atomic E-state index is -0.263. The number of halogens is 1. The molecule has 2 N–H and O–H groups in total. The molecule has 0 fully saturated rings. The maximum absolute atomic E-state index is 12.1. The molecule has 0 radical (unpaired) electrons. The lowest BCUT2D eigenvalue weighted by molar-refractivity contribution is 0.102. The van der Waals surface area contributed by atoms with Crippen LogP contribution in [0.3, 0.4) is 0 Å². The van der Waals surface area contributed by atoms with Crippen LogP contribution in [-0.2, 0) is 0 Å². The number of fused-ring (bicyclic) bond motifs is 2. The Morgan fingerprint density at radius 2 is 1.79 bits per heavy atom. The molecule has 0 bridgehead atoms. The van der Waals surface area contributed by atoms with Gasteiger partial charge in [0.1, 0.15) is 0 Å². The van der Waals surface area contributed by atoms with Gasteiger partial charge in [-0.3, -0.25) is 4.79 Å². The molecule has 0 saturated heterocycles. The molecule has 5 heteroatoms. The van der Waals surface area contributed by atoms with Crippen molar-refractivity contribution in [3.63, 3.8) is 0 Å². The SMILES string of the molecule is N#Cc1ccc2c(c1)C(=O)Nc1cc(Cl)ccc1N2. The summed E-state index contributed by atoms with van der Waals surface area (Å²) in [5, 5.41) is 15.4. The predicted molar refractivity (Wildman–Crippen MR) is 73.8 cm³/mol. The Bertz CT molecular complexity index is 734. The summed E-state index contributed by atoms with van der Waals surface area (Å²) in [4.78, 5) is 12.1. The highest BCUT2D eigenvalue weighted by Gasteiger charge is 2.19. The molecule has 0 aliphatic carbocycles. The van der Waals surface area contributed by atoms with E-state index in [9.17, 15) is 4.79 Å². The van der Waals surface area contributed by atoms with Crippen molar-refractivity contribution in [2.24, 2.45) is 0 Å². The van der Waals surface area contributed by atoms with E-state index in [1.165, 1.54) is 0 Å². The van der Waals surface area contributed by atoms with Crippen molar-refractivity contribution >= 4 is 34.6 Å². The molecule has 2 aromatic rings. The molecule has 0 spiro atoms. The maximum atomic E-state index is 12.1. The fourth-order valence-corrected chi connectivity index (χ4v) is 2.15. The summed E-state index contributed by atoms with van der Waals surface area (Å²) in [6.07, 6.45) is 0. The molecule has 0 aromatic heterocycles. The number of nitrogens with zero attached hydrogens (tertiary/aromatic N) is 1. The van der Waals surface area contributed by atoms with Gasteiger partial charge in [0, 0.05) is 5.02 Å². The van der Waals surface area contributed by atoms with Crippen molar-refractivity contribution in [1.29, 1.82) is 5.26 Å². The Hall–Kier alpha value is -2.51. The molecule has 1 aliphatic heterocycles. The molecule has 4 nitrogen and oxygen atoms in total. The third-order valence-electron chi connectivity index (χ3n) is 2.89. The normalized spacial score (nSPS) is 12.3. The summed E-state index contributed by atoms with van der Waals surface area (Å²) in [6.45, 7) is 0. The first-order valence-electron chi connectivity index (χ1n) is 5.59. The van der Waals surface area contributed by atoms with Gasteiger partial charge in [-0.2, -0.15) is 5.26 Å². The van der Waals surface area contributed by atoms with E-state index in [1.54, 1.807) is 36.4 Å². The molecule has 1 amide bonds. The number of nitrogens with one attached hydrogen (secondary N) is 2. The van der Waals surface area contributed by atoms with E-state index in [0.717, 1.165) is 5.69 Å². The van der Waals surface area contributed by atoms with E-state index in [4.69, 9.17) is 16.9 Å². The van der Waals surface area contributed by atoms with Crippen molar-refractivity contribution in [2.45, 2.75) is 0 Å². The standard InChI is InChI=1S/C14H8ClN3O/c15-9-2-4-12-13(6-9)18-14(19)10-5-8(7-16)1-3-11(10)17-12/h1-6,17H,(H,18,19). The minimum Gasteiger partial charge on any atom is -0.353 e. The number of rotatable bonds is 0. The zero-order chi connectivity index (χ0) is 13.4. The molecular weight excluding hydrogens is 262 g/mol. The molecule has 0 atom stereocenters. The molecular formula is C14H8ClN3O. The summed E-state index contributed by atoms with van der Waals surface area (Å²) in [6, 6.07) is 12.2. The average molecular weight is 270 g/mol. The van der Waals surface area contributed by atoms with Crippen LogP contribution in [0.1, 0.15) is 15.9 Å². The van der Waals surface area contributed by atoms with Crippen LogP contribution in [0.4, 0.5) is 17.1 Å². The van der Waals surface area contributed by atoms with E-state index >= 15 is 0 Å². The number of carbonyl (C=O) groups excluding carboxylic acids is 1. The highest BCUT2D eigenvalue weighted by molar-refractivity contribution is 6.31. The van der Waals surface area contributed by atoms with E-state index in [2.05, 4.69) is 10.6 Å². The van der Waals surface area contributed by atoms with Gasteiger partial charge in [0.15, 0.2) is 0 Å². The van der Waals surface area contributed by atoms with Gasteiger partial charge in [-0.1, -0.05) is 11.6 Å². The Kier molecular flexibility index (Phi) is 2.62. The number of carbonyl (C=O) groups is 1. The third-order valence-corrected chi connectivity index (χ3v) is 3.13. The van der Waals surface area contributed by atoms with Gasteiger partial charge in [-0.15, -0.1) is 0 Å². The second-order valence-corrected chi connectivity index (χ2v) is 4.58. The molecule has 19 heavy (non-hydrogen) atoms. The van der Waals surface area contributed by atoms with Crippen LogP contribution < -0.4 is 10.6 Å². The maximum Gasteiger partial charge on any atom is 0.257 e. The van der Waals surface area contributed by atoms with Gasteiger partial charge in [-0.05, 0) is 36.4 Å². The lowest BCUT2D eigenvalue weighted by Gasteiger charge is -2.08. The Balaban J connectivity index is 2.15. The average Bonchev–Trinajstić information content (AvgIpc) is 2.54. The van der Waals surface area contributed by atoms with Crippen LogP contribution in [0.5, 0.6) is 0 Å². The van der Waals surface area contributed by atoms with Crippen LogP contribution in [-0.4, -0.2) is 5.91 Å². The van der Waals surface area contributed by atoms with Crippen molar-refractivity contribution in [2.75, 3.05) is 10.6 Å². The molecule has 3 rings (SSSR count). The number of nitriles is 1. The van der Waals surface area contributed by atoms with E-state index < -0.39 is 0 Å². The van der Waals surface area contributed by atoms with E-state index in [-0.39, 0.29) is 5.91 Å². The highest BCUT2D eigenvalue weighted by atomic mass is 35.5. The quantitative estimate of drug-likeness (QED) is 0.769. The van der Waals surface area contributed by atoms with Gasteiger partial charge in [0.2, 0.25) is 0 Å². The minimum absolute atomic E-state index is 0.263. The Morgan fingerprint density at radius 1 is 1.00 bits per heavy atom. The fourth-order valence-electron chi connectivity index (χ4n) is 1.97. The zero-order valence-corrected chi connectivity index (χ0v) is 10.5. The smallest absolute Gasteiger partial charge is 0.257 e. The van der Waals surface area contributed by atoms with E-state index in [1.807, 2.05) is 6.07 Å². The molecule has 0 saturated carbocycles. The van der Waals surface area contributed by atoms with Crippen molar-refractivity contribution in [1.82, 2.24) is 0 Å². The molecule has 1 aliphatic rings. The van der Waals surface area contributed by atoms with Gasteiger partial charge in [0.25, 0.3) is 5.91 Å². The summed E-state index contributed by atoms with van der Waals surface area (Å²) in [5.74, 6) is -0.263. The zero-order valence-electron chi connectivity index (χ0n) is 9.70. The molecule has 92 valence electrons. The third kappa shape index (κ3) is 2.01. The number of hydrogen-bond donors (Lipinski definition) is 2. The Morgan fingerprint density at radius 3 is 2.58 bits per heavy atom. The lowest BCUT2D eigenvalue weighted by Crippen LogP contribution is -2.10. The lowest BCUT2D eigenvalue weighted by atomic mass is 10.1. The summed E-state index contributed by atoms with van der Waals surface area (Å²) in [7, 11) is 0. The van der Waals surface area contributed by atoms with Crippen LogP contribution in [0, 0.1) is 11.3 Å². The van der Waals surface area contributed by atoms with E-state index in [0.29, 0.717) is 27.5 Å². The molecule has 2 aromatic carbocycles. The van der Waals surface area contributed by atoms with Crippen LogP contribution >= 0.6 is 11.6 Å². The first-order chi connectivity index (χ1) is 9.17. The Labute approximate surface area is 114 Å². The largest absolute Gasteiger partial charge is 0.353 e. The fraction of sp³-hybridized carbons (Fsp3) is 0. The predicted octanol–water partition coefficient (Wildman–Crippen LogP) is 3.52. The summed E-state index contributed by atoms with van der Waals surface area (Å²) in [5.41, 5.74) is 2.93. The number of anilines is 3. The van der Waals surface area contributed by atoms with Gasteiger partial charge in [0.05, 0.1) is 34.3 Å². The van der Waals surface area contributed by atoms with Crippen LogP contribution in [0.15, 0.2) is 36.4 Å². The second kappa shape index (κ2) is 4.30. The van der Waals surface area contributed by atoms with Gasteiger partial charge in [-0.25, -0.2) is 0 Å². The monoisotopic (exact) mass is 269 g/mol. The van der Waals surface area contributed by atoms with Crippen LogP contribution in [0.25, 0.3) is 0 Å². The summed E-state index contributed by atoms with van der Waals surface area (Å²) < 4.78 is 0. The first-order valence-corrected chi connectivity index (χ1v) is 5.97. The molecule has 1 heterocycles.